The number of carbonyl (C=O) groups is 2. The molecule has 2 heterocycles. The Morgan fingerprint density at radius 3 is 2.06 bits per heavy atom. The van der Waals surface area contributed by atoms with E-state index in [-0.39, 0.29) is 17.4 Å². The van der Waals surface area contributed by atoms with Gasteiger partial charge in [-0.2, -0.15) is 0 Å². The van der Waals surface area contributed by atoms with Crippen molar-refractivity contribution in [1.82, 2.24) is 0 Å². The summed E-state index contributed by atoms with van der Waals surface area (Å²) < 4.78 is 25.4. The van der Waals surface area contributed by atoms with Crippen LogP contribution in [0.2, 0.25) is 0 Å². The number of ether oxygens (including phenoxy) is 4. The number of hydrogen-bond acceptors (Lipinski definition) is 6. The Labute approximate surface area is 299 Å². The average molecular weight is 681 g/mol. The van der Waals surface area contributed by atoms with E-state index < -0.39 is 17.5 Å². The molecule has 6 rings (SSSR count). The first-order valence-corrected chi connectivity index (χ1v) is 19.1. The molecular weight excluding hydrogens is 624 g/mol. The highest BCUT2D eigenvalue weighted by molar-refractivity contribution is 6.31. The van der Waals surface area contributed by atoms with Gasteiger partial charge in [0.25, 0.3) is 0 Å². The Morgan fingerprint density at radius 2 is 1.40 bits per heavy atom. The van der Waals surface area contributed by atoms with Gasteiger partial charge in [-0.1, -0.05) is 76.6 Å². The number of carbonyl (C=O) groups excluding carboxylic acids is 2. The van der Waals surface area contributed by atoms with E-state index >= 15 is 0 Å². The van der Waals surface area contributed by atoms with Crippen LogP contribution in [0.4, 0.5) is 0 Å². The fourth-order valence-electron chi connectivity index (χ4n) is 8.60. The summed E-state index contributed by atoms with van der Waals surface area (Å²) >= 11 is 0. The summed E-state index contributed by atoms with van der Waals surface area (Å²) in [7, 11) is 0. The minimum Gasteiger partial charge on any atom is -0.487 e. The van der Waals surface area contributed by atoms with E-state index in [1.807, 2.05) is 19.1 Å². The zero-order valence-corrected chi connectivity index (χ0v) is 31.5. The van der Waals surface area contributed by atoms with Crippen LogP contribution in [0, 0.1) is 18.8 Å². The first-order valence-electron chi connectivity index (χ1n) is 19.1. The average Bonchev–Trinajstić information content (AvgIpc) is 3.03. The quantitative estimate of drug-likeness (QED) is 0.0918. The molecule has 6 nitrogen and oxygen atoms in total. The summed E-state index contributed by atoms with van der Waals surface area (Å²) in [5.41, 5.74) is 5.76. The van der Waals surface area contributed by atoms with Gasteiger partial charge in [0.2, 0.25) is 0 Å². The number of rotatable bonds is 10. The number of benzene rings is 3. The molecule has 1 saturated carbocycles. The van der Waals surface area contributed by atoms with Gasteiger partial charge in [-0.25, -0.2) is 9.59 Å². The molecule has 3 aromatic rings. The lowest BCUT2D eigenvalue weighted by atomic mass is 9.64. The summed E-state index contributed by atoms with van der Waals surface area (Å²) in [6.45, 7) is 17.2. The van der Waals surface area contributed by atoms with E-state index in [0.717, 1.165) is 110 Å². The van der Waals surface area contributed by atoms with Gasteiger partial charge in [-0.15, -0.1) is 0 Å². The minimum absolute atomic E-state index is 0.174. The molecule has 0 amide bonds. The van der Waals surface area contributed by atoms with Crippen molar-refractivity contribution in [3.8, 4) is 34.1 Å². The maximum atomic E-state index is 13.8. The zero-order chi connectivity index (χ0) is 35.8. The van der Waals surface area contributed by atoms with Gasteiger partial charge >= 0.3 is 11.9 Å². The molecule has 0 saturated heterocycles. The lowest BCUT2D eigenvalue weighted by Gasteiger charge is -2.49. The summed E-state index contributed by atoms with van der Waals surface area (Å²) in [5, 5.41) is 0. The Morgan fingerprint density at radius 1 is 0.780 bits per heavy atom. The fraction of sp³-hybridized carbons (Fsp3) is 0.545. The number of unbranched alkanes of at least 4 members (excludes halogenated alkanes) is 4. The third-order valence-corrected chi connectivity index (χ3v) is 11.2. The van der Waals surface area contributed by atoms with E-state index in [0.29, 0.717) is 28.7 Å². The second-order valence-electron chi connectivity index (χ2n) is 16.2. The first kappa shape index (κ1) is 36.0. The minimum atomic E-state index is -1.05. The highest BCUT2D eigenvalue weighted by atomic mass is 16.6. The highest BCUT2D eigenvalue weighted by Gasteiger charge is 2.47. The van der Waals surface area contributed by atoms with Crippen LogP contribution in [0.15, 0.2) is 42.5 Å². The van der Waals surface area contributed by atoms with Gasteiger partial charge in [-0.05, 0) is 126 Å². The van der Waals surface area contributed by atoms with E-state index in [2.05, 4.69) is 78.8 Å². The molecular formula is C44H56O6. The molecule has 3 atom stereocenters. The van der Waals surface area contributed by atoms with Crippen LogP contribution >= 0.6 is 0 Å². The van der Waals surface area contributed by atoms with E-state index in [1.165, 1.54) is 0 Å². The normalized spacial score (nSPS) is 21.0. The van der Waals surface area contributed by atoms with Crippen LogP contribution in [0.5, 0.6) is 23.0 Å². The van der Waals surface area contributed by atoms with Gasteiger partial charge in [-0.3, -0.25) is 0 Å². The largest absolute Gasteiger partial charge is 0.487 e. The summed E-state index contributed by atoms with van der Waals surface area (Å²) in [4.78, 5) is 27.6. The second kappa shape index (κ2) is 14.4. The molecule has 0 unspecified atom stereocenters. The standard InChI is InChI=1S/C44H56O6/c1-9-11-13-15-29-23-35(39-31-21-27(3)17-19-33(31)43(5,6)49-37(39)25-29)47-41(45)42(46)48-36-24-30(16-14-12-10-2)26-38-40(36)32-22-28(4)18-20-34(32)44(7,8)50-38/h17,19,21,23-26,28,32,34H,9-16,18,20,22H2,1-8H3/t28-,32+,34+/m0/s1. The van der Waals surface area contributed by atoms with Gasteiger partial charge in [0.15, 0.2) is 0 Å². The van der Waals surface area contributed by atoms with Gasteiger partial charge in [0, 0.05) is 17.0 Å². The highest BCUT2D eigenvalue weighted by Crippen LogP contribution is 2.56. The third-order valence-electron chi connectivity index (χ3n) is 11.2. The van der Waals surface area contributed by atoms with Crippen molar-refractivity contribution >= 4 is 11.9 Å². The molecule has 50 heavy (non-hydrogen) atoms. The van der Waals surface area contributed by atoms with Crippen LogP contribution in [0.3, 0.4) is 0 Å². The summed E-state index contributed by atoms with van der Waals surface area (Å²) in [6.07, 6.45) is 11.3. The molecule has 0 aromatic heterocycles. The van der Waals surface area contributed by atoms with Crippen LogP contribution < -0.4 is 18.9 Å². The molecule has 0 radical (unpaired) electrons. The van der Waals surface area contributed by atoms with Crippen molar-refractivity contribution in [3.05, 3.63) is 70.3 Å². The number of fused-ring (bicyclic) bond motifs is 6. The Kier molecular flexibility index (Phi) is 10.4. The van der Waals surface area contributed by atoms with Gasteiger partial charge in [0.05, 0.1) is 5.56 Å². The SMILES string of the molecule is CCCCCc1cc(OC(=O)C(=O)Oc2cc(CCCCC)cc3c2[C@@H]2C[C@@H](C)CC[C@H]2C(C)(C)O3)c2c(c1)OC(C)(C)c1ccc(C)cc1-2. The van der Waals surface area contributed by atoms with Crippen molar-refractivity contribution in [1.29, 1.82) is 0 Å². The van der Waals surface area contributed by atoms with E-state index in [9.17, 15) is 9.59 Å². The smallest absolute Gasteiger partial charge is 0.423 e. The lowest BCUT2D eigenvalue weighted by molar-refractivity contribution is -0.156. The molecule has 2 aliphatic heterocycles. The van der Waals surface area contributed by atoms with E-state index in [1.54, 1.807) is 0 Å². The lowest BCUT2D eigenvalue weighted by Crippen LogP contribution is -2.47. The van der Waals surface area contributed by atoms with E-state index in [4.69, 9.17) is 18.9 Å². The molecule has 268 valence electrons. The second-order valence-corrected chi connectivity index (χ2v) is 16.2. The zero-order valence-electron chi connectivity index (χ0n) is 31.5. The van der Waals surface area contributed by atoms with Crippen LogP contribution in [-0.2, 0) is 28.0 Å². The molecule has 1 aliphatic carbocycles. The maximum absolute atomic E-state index is 13.8. The molecule has 0 N–H and O–H groups in total. The number of aryl methyl sites for hydroxylation is 3. The predicted molar refractivity (Wildman–Crippen MR) is 198 cm³/mol. The first-order chi connectivity index (χ1) is 23.8. The molecule has 0 bridgehead atoms. The van der Waals surface area contributed by atoms with Crippen molar-refractivity contribution in [2.75, 3.05) is 0 Å². The van der Waals surface area contributed by atoms with Crippen LogP contribution in [0.25, 0.3) is 11.1 Å². The van der Waals surface area contributed by atoms with Crippen molar-refractivity contribution < 1.29 is 28.5 Å². The van der Waals surface area contributed by atoms with Gasteiger partial charge < -0.3 is 18.9 Å². The maximum Gasteiger partial charge on any atom is 0.423 e. The summed E-state index contributed by atoms with van der Waals surface area (Å²) in [5.74, 6) is 1.11. The fourth-order valence-corrected chi connectivity index (χ4v) is 8.60. The number of esters is 2. The molecule has 6 heteroatoms. The molecule has 0 spiro atoms. The van der Waals surface area contributed by atoms with Crippen molar-refractivity contribution in [3.63, 3.8) is 0 Å². The Hall–Kier alpha value is -3.80. The monoisotopic (exact) mass is 680 g/mol. The van der Waals surface area contributed by atoms with Crippen LogP contribution in [0.1, 0.15) is 140 Å². The van der Waals surface area contributed by atoms with Crippen LogP contribution in [-0.4, -0.2) is 17.5 Å². The predicted octanol–water partition coefficient (Wildman–Crippen LogP) is 11.0. The third kappa shape index (κ3) is 7.31. The Bertz CT molecular complexity index is 1750. The molecule has 1 fully saturated rings. The number of hydrogen-bond donors (Lipinski definition) is 0. The van der Waals surface area contributed by atoms with Crippen molar-refractivity contribution in [2.24, 2.45) is 11.8 Å². The van der Waals surface area contributed by atoms with Gasteiger partial charge in [0.1, 0.15) is 34.2 Å². The summed E-state index contributed by atoms with van der Waals surface area (Å²) in [6, 6.07) is 14.3. The molecule has 3 aromatic carbocycles. The Balaban J connectivity index is 1.35. The topological polar surface area (TPSA) is 71.1 Å². The molecule has 3 aliphatic rings. The van der Waals surface area contributed by atoms with Crippen molar-refractivity contribution in [2.45, 2.75) is 143 Å².